The lowest BCUT2D eigenvalue weighted by Crippen LogP contribution is -2.31. The summed E-state index contributed by atoms with van der Waals surface area (Å²) in [6.07, 6.45) is 0. The predicted molar refractivity (Wildman–Crippen MR) is 125 cm³/mol. The number of amides is 2. The molecule has 0 aliphatic rings. The topological polar surface area (TPSA) is 67.2 Å². The first-order chi connectivity index (χ1) is 15.5. The van der Waals surface area contributed by atoms with E-state index in [0.29, 0.717) is 17.9 Å². The fraction of sp³-hybridized carbons (Fsp3) is 0.192. The summed E-state index contributed by atoms with van der Waals surface area (Å²) < 4.78 is 1.89. The molecule has 0 unspecified atom stereocenters. The number of nitrogens with zero attached hydrogens (tertiary/aromatic N) is 3. The van der Waals surface area contributed by atoms with Gasteiger partial charge >= 0.3 is 0 Å². The third-order valence-corrected chi connectivity index (χ3v) is 5.51. The summed E-state index contributed by atoms with van der Waals surface area (Å²) in [7, 11) is 1.80. The Labute approximate surface area is 187 Å². The standard InChI is InChI=1S/C26H26N4O2/c1-19-10-6-7-13-21(19)26(32)27-16-24-28-22-14-8-9-15-23(22)30(24)18-25(31)29(2)17-20-11-4-3-5-12-20/h3-15H,16-18H2,1-2H3,(H,27,32). The maximum Gasteiger partial charge on any atom is 0.251 e. The summed E-state index contributed by atoms with van der Waals surface area (Å²) in [6, 6.07) is 25.1. The van der Waals surface area contributed by atoms with Crippen molar-refractivity contribution in [3.05, 3.63) is 101 Å². The molecule has 0 radical (unpaired) electrons. The van der Waals surface area contributed by atoms with E-state index in [4.69, 9.17) is 0 Å². The maximum atomic E-state index is 13.0. The second-order valence-corrected chi connectivity index (χ2v) is 7.84. The van der Waals surface area contributed by atoms with Gasteiger partial charge in [-0.2, -0.15) is 0 Å². The molecule has 0 saturated heterocycles. The van der Waals surface area contributed by atoms with Gasteiger partial charge in [0.2, 0.25) is 5.91 Å². The molecule has 0 spiro atoms. The van der Waals surface area contributed by atoms with Crippen LogP contribution in [0.15, 0.2) is 78.9 Å². The second kappa shape index (κ2) is 9.47. The summed E-state index contributed by atoms with van der Waals surface area (Å²) in [4.78, 5) is 32.1. The number of benzene rings is 3. The van der Waals surface area contributed by atoms with Gasteiger partial charge in [-0.15, -0.1) is 0 Å². The van der Waals surface area contributed by atoms with Crippen molar-refractivity contribution < 1.29 is 9.59 Å². The highest BCUT2D eigenvalue weighted by Gasteiger charge is 2.17. The van der Waals surface area contributed by atoms with Crippen LogP contribution in [0.3, 0.4) is 0 Å². The van der Waals surface area contributed by atoms with E-state index in [-0.39, 0.29) is 24.9 Å². The first kappa shape index (κ1) is 21.3. The van der Waals surface area contributed by atoms with Gasteiger partial charge in [0.05, 0.1) is 17.6 Å². The van der Waals surface area contributed by atoms with Crippen molar-refractivity contribution in [3.8, 4) is 0 Å². The number of fused-ring (bicyclic) bond motifs is 1. The molecule has 0 aliphatic carbocycles. The molecule has 2 amide bonds. The third-order valence-electron chi connectivity index (χ3n) is 5.51. The molecule has 1 N–H and O–H groups in total. The van der Waals surface area contributed by atoms with Crippen LogP contribution in [0.25, 0.3) is 11.0 Å². The first-order valence-corrected chi connectivity index (χ1v) is 10.6. The number of rotatable bonds is 7. The first-order valence-electron chi connectivity index (χ1n) is 10.6. The minimum Gasteiger partial charge on any atom is -0.345 e. The predicted octanol–water partition coefficient (Wildman–Crippen LogP) is 3.93. The molecule has 0 fully saturated rings. The van der Waals surface area contributed by atoms with Crippen LogP contribution < -0.4 is 5.32 Å². The average Bonchev–Trinajstić information content (AvgIpc) is 3.15. The van der Waals surface area contributed by atoms with Gasteiger partial charge in [-0.05, 0) is 36.2 Å². The van der Waals surface area contributed by atoms with Crippen LogP contribution in [-0.2, 0) is 24.4 Å². The van der Waals surface area contributed by atoms with Gasteiger partial charge in [0, 0.05) is 19.2 Å². The molecular formula is C26H26N4O2. The van der Waals surface area contributed by atoms with E-state index in [1.54, 1.807) is 18.0 Å². The molecule has 0 bridgehead atoms. The number of hydrogen-bond acceptors (Lipinski definition) is 3. The van der Waals surface area contributed by atoms with Crippen molar-refractivity contribution >= 4 is 22.8 Å². The average molecular weight is 427 g/mol. The van der Waals surface area contributed by atoms with Gasteiger partial charge in [-0.3, -0.25) is 9.59 Å². The molecule has 6 nitrogen and oxygen atoms in total. The molecule has 4 aromatic rings. The number of likely N-dealkylation sites (N-methyl/N-ethyl adjacent to an activating group) is 1. The summed E-state index contributed by atoms with van der Waals surface area (Å²) in [6.45, 7) is 2.83. The molecule has 162 valence electrons. The summed E-state index contributed by atoms with van der Waals surface area (Å²) >= 11 is 0. The third kappa shape index (κ3) is 4.70. The Morgan fingerprint density at radius 2 is 1.62 bits per heavy atom. The highest BCUT2D eigenvalue weighted by atomic mass is 16.2. The Bertz CT molecular complexity index is 1250. The number of carbonyl (C=O) groups excluding carboxylic acids is 2. The minimum atomic E-state index is -0.158. The molecule has 1 aromatic heterocycles. The number of carbonyl (C=O) groups is 2. The SMILES string of the molecule is Cc1ccccc1C(=O)NCc1nc2ccccc2n1CC(=O)N(C)Cc1ccccc1. The second-order valence-electron chi connectivity index (χ2n) is 7.84. The van der Waals surface area contributed by atoms with Crippen LogP contribution in [0.2, 0.25) is 0 Å². The zero-order valence-corrected chi connectivity index (χ0v) is 18.3. The van der Waals surface area contributed by atoms with Gasteiger partial charge < -0.3 is 14.8 Å². The summed E-state index contributed by atoms with van der Waals surface area (Å²) in [5, 5.41) is 2.95. The monoisotopic (exact) mass is 426 g/mol. The number of imidazole rings is 1. The van der Waals surface area contributed by atoms with Gasteiger partial charge in [0.25, 0.3) is 5.91 Å². The van der Waals surface area contributed by atoms with E-state index in [0.717, 1.165) is 22.2 Å². The van der Waals surface area contributed by atoms with Crippen LogP contribution in [-0.4, -0.2) is 33.3 Å². The molecule has 3 aromatic carbocycles. The fourth-order valence-electron chi connectivity index (χ4n) is 3.72. The molecule has 4 rings (SSSR count). The zero-order valence-electron chi connectivity index (χ0n) is 18.3. The Balaban J connectivity index is 1.53. The normalized spacial score (nSPS) is 10.8. The van der Waals surface area contributed by atoms with Crippen molar-refractivity contribution in [1.29, 1.82) is 0 Å². The molecular weight excluding hydrogens is 400 g/mol. The van der Waals surface area contributed by atoms with Crippen LogP contribution in [0.1, 0.15) is 27.3 Å². The minimum absolute atomic E-state index is 0.0245. The van der Waals surface area contributed by atoms with E-state index in [1.807, 2.05) is 84.3 Å². The molecule has 0 saturated carbocycles. The van der Waals surface area contributed by atoms with Gasteiger partial charge in [0.15, 0.2) is 0 Å². The van der Waals surface area contributed by atoms with E-state index in [1.165, 1.54) is 0 Å². The summed E-state index contributed by atoms with van der Waals surface area (Å²) in [5.41, 5.74) is 4.29. The Morgan fingerprint density at radius 1 is 0.938 bits per heavy atom. The molecule has 6 heteroatoms. The Kier molecular flexibility index (Phi) is 6.31. The van der Waals surface area contributed by atoms with Gasteiger partial charge in [0.1, 0.15) is 12.4 Å². The van der Waals surface area contributed by atoms with E-state index in [9.17, 15) is 9.59 Å². The lowest BCUT2D eigenvalue weighted by molar-refractivity contribution is -0.131. The lowest BCUT2D eigenvalue weighted by Gasteiger charge is -2.19. The molecule has 0 atom stereocenters. The van der Waals surface area contributed by atoms with Crippen molar-refractivity contribution in [1.82, 2.24) is 19.8 Å². The van der Waals surface area contributed by atoms with Gasteiger partial charge in [-0.25, -0.2) is 4.98 Å². The molecule has 1 heterocycles. The highest BCUT2D eigenvalue weighted by Crippen LogP contribution is 2.17. The zero-order chi connectivity index (χ0) is 22.5. The molecule has 32 heavy (non-hydrogen) atoms. The highest BCUT2D eigenvalue weighted by molar-refractivity contribution is 5.95. The van der Waals surface area contributed by atoms with Crippen molar-refractivity contribution in [2.45, 2.75) is 26.6 Å². The quantitative estimate of drug-likeness (QED) is 0.487. The number of aromatic nitrogens is 2. The van der Waals surface area contributed by atoms with E-state index < -0.39 is 0 Å². The Morgan fingerprint density at radius 3 is 2.41 bits per heavy atom. The van der Waals surface area contributed by atoms with Crippen LogP contribution in [0.5, 0.6) is 0 Å². The maximum absolute atomic E-state index is 13.0. The number of nitrogens with one attached hydrogen (secondary N) is 1. The van der Waals surface area contributed by atoms with E-state index in [2.05, 4.69) is 10.3 Å². The van der Waals surface area contributed by atoms with Crippen molar-refractivity contribution in [2.75, 3.05) is 7.05 Å². The van der Waals surface area contributed by atoms with E-state index >= 15 is 0 Å². The van der Waals surface area contributed by atoms with Gasteiger partial charge in [-0.1, -0.05) is 60.7 Å². The van der Waals surface area contributed by atoms with Crippen molar-refractivity contribution in [2.24, 2.45) is 0 Å². The van der Waals surface area contributed by atoms with Crippen LogP contribution in [0.4, 0.5) is 0 Å². The lowest BCUT2D eigenvalue weighted by atomic mass is 10.1. The smallest absolute Gasteiger partial charge is 0.251 e. The summed E-state index contributed by atoms with van der Waals surface area (Å²) in [5.74, 6) is 0.465. The number of aryl methyl sites for hydroxylation is 1. The number of hydrogen-bond donors (Lipinski definition) is 1. The van der Waals surface area contributed by atoms with Crippen molar-refractivity contribution in [3.63, 3.8) is 0 Å². The largest absolute Gasteiger partial charge is 0.345 e. The fourth-order valence-corrected chi connectivity index (χ4v) is 3.72. The van der Waals surface area contributed by atoms with Crippen LogP contribution in [0, 0.1) is 6.92 Å². The Hall–Kier alpha value is -3.93. The van der Waals surface area contributed by atoms with Crippen LogP contribution >= 0.6 is 0 Å². The molecule has 0 aliphatic heterocycles. The number of para-hydroxylation sites is 2.